The molecule has 1 fully saturated rings. The first-order chi connectivity index (χ1) is 13.1. The SMILES string of the molecule is CCOC(=O)C(C=NC1(CC(C)O)CCC1)C(=O)c1cc(F)c(F)c(F)c1F. The second-order valence-electron chi connectivity index (χ2n) is 6.85. The molecule has 0 saturated heterocycles. The van der Waals surface area contributed by atoms with Crippen LogP contribution >= 0.6 is 0 Å². The van der Waals surface area contributed by atoms with Gasteiger partial charge in [-0.2, -0.15) is 0 Å². The third-order valence-corrected chi connectivity index (χ3v) is 4.65. The highest BCUT2D eigenvalue weighted by Gasteiger charge is 2.39. The Kier molecular flexibility index (Phi) is 6.92. The zero-order valence-corrected chi connectivity index (χ0v) is 15.5. The van der Waals surface area contributed by atoms with Gasteiger partial charge in [0.2, 0.25) is 0 Å². The number of hydrogen-bond acceptors (Lipinski definition) is 5. The van der Waals surface area contributed by atoms with Gasteiger partial charge >= 0.3 is 5.97 Å². The average Bonchev–Trinajstić information content (AvgIpc) is 2.60. The summed E-state index contributed by atoms with van der Waals surface area (Å²) >= 11 is 0. The van der Waals surface area contributed by atoms with Crippen molar-refractivity contribution in [1.29, 1.82) is 0 Å². The number of nitrogens with zero attached hydrogens (tertiary/aromatic N) is 1. The minimum Gasteiger partial charge on any atom is -0.465 e. The smallest absolute Gasteiger partial charge is 0.322 e. The van der Waals surface area contributed by atoms with Crippen LogP contribution in [0.15, 0.2) is 11.1 Å². The molecule has 1 aromatic rings. The zero-order valence-electron chi connectivity index (χ0n) is 15.5. The predicted octanol–water partition coefficient (Wildman–Crippen LogP) is 3.37. The van der Waals surface area contributed by atoms with Gasteiger partial charge in [-0.05, 0) is 45.6 Å². The summed E-state index contributed by atoms with van der Waals surface area (Å²) in [6.45, 7) is 2.96. The van der Waals surface area contributed by atoms with E-state index in [0.29, 0.717) is 19.3 Å². The van der Waals surface area contributed by atoms with Crippen molar-refractivity contribution >= 4 is 18.0 Å². The maximum Gasteiger partial charge on any atom is 0.322 e. The van der Waals surface area contributed by atoms with Crippen molar-refractivity contribution < 1.29 is 37.0 Å². The molecule has 1 aliphatic carbocycles. The highest BCUT2D eigenvalue weighted by atomic mass is 19.2. The van der Waals surface area contributed by atoms with Gasteiger partial charge in [0, 0.05) is 6.21 Å². The summed E-state index contributed by atoms with van der Waals surface area (Å²) in [5.41, 5.74) is -1.78. The summed E-state index contributed by atoms with van der Waals surface area (Å²) < 4.78 is 58.9. The lowest BCUT2D eigenvalue weighted by molar-refractivity contribution is -0.144. The maximum atomic E-state index is 14.0. The molecule has 0 aromatic heterocycles. The highest BCUT2D eigenvalue weighted by molar-refractivity contribution is 6.18. The number of ketones is 1. The van der Waals surface area contributed by atoms with Crippen molar-refractivity contribution in [3.63, 3.8) is 0 Å². The van der Waals surface area contributed by atoms with Crippen molar-refractivity contribution in [2.45, 2.75) is 51.2 Å². The molecule has 0 bridgehead atoms. The van der Waals surface area contributed by atoms with Crippen LogP contribution in [-0.2, 0) is 9.53 Å². The van der Waals surface area contributed by atoms with E-state index in [1.807, 2.05) is 0 Å². The Bertz CT molecular complexity index is 791. The lowest BCUT2D eigenvalue weighted by Crippen LogP contribution is -2.39. The third kappa shape index (κ3) is 4.57. The molecule has 1 aliphatic rings. The molecule has 1 saturated carbocycles. The molecule has 9 heteroatoms. The van der Waals surface area contributed by atoms with E-state index in [-0.39, 0.29) is 12.7 Å². The van der Waals surface area contributed by atoms with Gasteiger partial charge in [-0.1, -0.05) is 0 Å². The van der Waals surface area contributed by atoms with E-state index >= 15 is 0 Å². The Labute approximate surface area is 159 Å². The van der Waals surface area contributed by atoms with Gasteiger partial charge < -0.3 is 9.84 Å². The van der Waals surface area contributed by atoms with Crippen LogP contribution in [0.3, 0.4) is 0 Å². The van der Waals surface area contributed by atoms with Crippen molar-refractivity contribution in [3.8, 4) is 0 Å². The first kappa shape index (κ1) is 22.0. The first-order valence-corrected chi connectivity index (χ1v) is 8.89. The Balaban J connectivity index is 2.40. The van der Waals surface area contributed by atoms with Crippen LogP contribution in [0, 0.1) is 29.2 Å². The van der Waals surface area contributed by atoms with Gasteiger partial charge in [0.15, 0.2) is 35.0 Å². The number of carbonyl (C=O) groups excluding carboxylic acids is 2. The summed E-state index contributed by atoms with van der Waals surface area (Å²) in [6, 6.07) is 0.199. The maximum absolute atomic E-state index is 14.0. The summed E-state index contributed by atoms with van der Waals surface area (Å²) in [5.74, 6) is -12.0. The normalized spacial score (nSPS) is 17.8. The van der Waals surface area contributed by atoms with E-state index in [4.69, 9.17) is 4.74 Å². The summed E-state index contributed by atoms with van der Waals surface area (Å²) in [7, 11) is 0. The largest absolute Gasteiger partial charge is 0.465 e. The monoisotopic (exact) mass is 403 g/mol. The quantitative estimate of drug-likeness (QED) is 0.137. The number of aliphatic hydroxyl groups is 1. The lowest BCUT2D eigenvalue weighted by Gasteiger charge is -2.39. The molecule has 0 aliphatic heterocycles. The fourth-order valence-electron chi connectivity index (χ4n) is 3.14. The number of Topliss-reactive ketones (excluding diaryl/α,β-unsaturated/α-hetero) is 1. The van der Waals surface area contributed by atoms with Gasteiger partial charge in [0.05, 0.1) is 23.8 Å². The van der Waals surface area contributed by atoms with E-state index in [0.717, 1.165) is 12.6 Å². The molecule has 0 amide bonds. The predicted molar refractivity (Wildman–Crippen MR) is 92.1 cm³/mol. The molecular weight excluding hydrogens is 382 g/mol. The summed E-state index contributed by atoms with van der Waals surface area (Å²) in [5, 5.41) is 9.62. The number of aliphatic imine (C=N–C) groups is 1. The van der Waals surface area contributed by atoms with Crippen LogP contribution < -0.4 is 0 Å². The van der Waals surface area contributed by atoms with Crippen LogP contribution in [0.1, 0.15) is 49.9 Å². The standard InChI is InChI=1S/C19H21F4NO4/c1-3-28-18(27)12(9-24-19(5-4-6-19)8-10(2)25)17(26)11-7-13(20)15(22)16(23)14(11)21/h7,9-10,12,25H,3-6,8H2,1-2H3. The second kappa shape index (κ2) is 8.81. The van der Waals surface area contributed by atoms with Crippen molar-refractivity contribution in [2.24, 2.45) is 10.9 Å². The van der Waals surface area contributed by atoms with Gasteiger partial charge in [-0.15, -0.1) is 0 Å². The number of aliphatic hydroxyl groups excluding tert-OH is 1. The minimum absolute atomic E-state index is 0.0934. The molecule has 1 N–H and O–H groups in total. The Morgan fingerprint density at radius 3 is 2.39 bits per heavy atom. The van der Waals surface area contributed by atoms with Crippen molar-refractivity contribution in [1.82, 2.24) is 0 Å². The van der Waals surface area contributed by atoms with E-state index in [9.17, 15) is 32.3 Å². The van der Waals surface area contributed by atoms with E-state index in [1.54, 1.807) is 6.92 Å². The number of rotatable bonds is 8. The number of benzene rings is 1. The van der Waals surface area contributed by atoms with Crippen LogP contribution in [-0.4, -0.2) is 41.3 Å². The number of halogens is 4. The molecule has 0 heterocycles. The third-order valence-electron chi connectivity index (χ3n) is 4.65. The van der Waals surface area contributed by atoms with Gasteiger partial charge in [-0.3, -0.25) is 14.6 Å². The van der Waals surface area contributed by atoms with E-state index < -0.39 is 58.1 Å². The molecule has 2 rings (SSSR count). The molecule has 0 radical (unpaired) electrons. The average molecular weight is 403 g/mol. The molecule has 1 aromatic carbocycles. The van der Waals surface area contributed by atoms with E-state index in [2.05, 4.69) is 4.99 Å². The lowest BCUT2D eigenvalue weighted by atomic mass is 9.73. The van der Waals surface area contributed by atoms with Gasteiger partial charge in [-0.25, -0.2) is 17.6 Å². The second-order valence-corrected chi connectivity index (χ2v) is 6.85. The first-order valence-electron chi connectivity index (χ1n) is 8.89. The van der Waals surface area contributed by atoms with Crippen molar-refractivity contribution in [2.75, 3.05) is 6.61 Å². The van der Waals surface area contributed by atoms with Crippen molar-refractivity contribution in [3.05, 3.63) is 34.9 Å². The number of carbonyl (C=O) groups is 2. The van der Waals surface area contributed by atoms with Gasteiger partial charge in [0.25, 0.3) is 0 Å². The topological polar surface area (TPSA) is 76.0 Å². The molecule has 5 nitrogen and oxygen atoms in total. The van der Waals surface area contributed by atoms with E-state index in [1.165, 1.54) is 6.92 Å². The Morgan fingerprint density at radius 2 is 1.89 bits per heavy atom. The molecule has 0 spiro atoms. The van der Waals surface area contributed by atoms with Crippen LogP contribution in [0.25, 0.3) is 0 Å². The molecule has 2 atom stereocenters. The number of esters is 1. The van der Waals surface area contributed by atoms with Crippen LogP contribution in [0.5, 0.6) is 0 Å². The molecule has 2 unspecified atom stereocenters. The zero-order chi connectivity index (χ0) is 21.1. The Hall–Kier alpha value is -2.29. The molecular formula is C19H21F4NO4. The fraction of sp³-hybridized carbons (Fsp3) is 0.526. The fourth-order valence-corrected chi connectivity index (χ4v) is 3.14. The number of hydrogen-bond donors (Lipinski definition) is 1. The minimum atomic E-state index is -2.15. The van der Waals surface area contributed by atoms with Crippen LogP contribution in [0.4, 0.5) is 17.6 Å². The summed E-state index contributed by atoms with van der Waals surface area (Å²) in [6.07, 6.45) is 2.65. The molecule has 28 heavy (non-hydrogen) atoms. The molecule has 154 valence electrons. The van der Waals surface area contributed by atoms with Gasteiger partial charge in [0.1, 0.15) is 0 Å². The summed E-state index contributed by atoms with van der Waals surface area (Å²) in [4.78, 5) is 29.0. The highest BCUT2D eigenvalue weighted by Crippen LogP contribution is 2.39. The number of ether oxygens (including phenoxy) is 1. The Morgan fingerprint density at radius 1 is 1.25 bits per heavy atom. The van der Waals surface area contributed by atoms with Crippen LogP contribution in [0.2, 0.25) is 0 Å².